The summed E-state index contributed by atoms with van der Waals surface area (Å²) in [6.45, 7) is 5.78. The highest BCUT2D eigenvalue weighted by Crippen LogP contribution is 2.20. The van der Waals surface area contributed by atoms with Crippen molar-refractivity contribution in [2.75, 3.05) is 12.9 Å². The van der Waals surface area contributed by atoms with E-state index in [1.165, 1.54) is 11.8 Å². The molecule has 2 unspecified atom stereocenters. The third-order valence-corrected chi connectivity index (χ3v) is 3.53. The van der Waals surface area contributed by atoms with Crippen LogP contribution in [0.25, 0.3) is 0 Å². The van der Waals surface area contributed by atoms with Gasteiger partial charge in [0.05, 0.1) is 6.10 Å². The Morgan fingerprint density at radius 1 is 1.46 bits per heavy atom. The van der Waals surface area contributed by atoms with E-state index in [1.807, 2.05) is 20.8 Å². The lowest BCUT2D eigenvalue weighted by molar-refractivity contribution is -0.137. The summed E-state index contributed by atoms with van der Waals surface area (Å²) in [5.74, 6) is 0.154. The summed E-state index contributed by atoms with van der Waals surface area (Å²) in [6.07, 6.45) is 0.116. The summed E-state index contributed by atoms with van der Waals surface area (Å²) >= 11 is 1.45. The van der Waals surface area contributed by atoms with Gasteiger partial charge in [-0.15, -0.1) is 11.8 Å². The molecular formula is C9H18O3S. The van der Waals surface area contributed by atoms with Crippen LogP contribution in [0.15, 0.2) is 0 Å². The predicted octanol–water partition coefficient (Wildman–Crippen LogP) is 1.86. The number of carbonyl (C=O) groups is 1. The van der Waals surface area contributed by atoms with Gasteiger partial charge in [0.2, 0.25) is 0 Å². The molecule has 0 amide bonds. The number of rotatable bonds is 6. The van der Waals surface area contributed by atoms with E-state index >= 15 is 0 Å². The van der Waals surface area contributed by atoms with E-state index in [2.05, 4.69) is 0 Å². The minimum Gasteiger partial charge on any atom is -0.480 e. The second kappa shape index (κ2) is 6.27. The molecule has 0 spiro atoms. The van der Waals surface area contributed by atoms with Crippen LogP contribution in [0.3, 0.4) is 0 Å². The maximum atomic E-state index is 10.8. The smallest absolute Gasteiger partial charge is 0.316 e. The molecule has 0 aliphatic carbocycles. The van der Waals surface area contributed by atoms with Crippen molar-refractivity contribution in [3.8, 4) is 0 Å². The van der Waals surface area contributed by atoms with Gasteiger partial charge in [0.25, 0.3) is 0 Å². The molecule has 2 atom stereocenters. The number of carboxylic acids is 1. The number of hydrogen-bond donors (Lipinski definition) is 1. The Labute approximate surface area is 83.9 Å². The fraction of sp³-hybridized carbons (Fsp3) is 0.889. The van der Waals surface area contributed by atoms with Gasteiger partial charge in [-0.05, 0) is 12.8 Å². The van der Waals surface area contributed by atoms with Gasteiger partial charge in [-0.1, -0.05) is 13.8 Å². The highest BCUT2D eigenvalue weighted by Gasteiger charge is 2.22. The standard InChI is InChI=1S/C9H18O3S/c1-6(2)8(9(10)11)13-5-7(3)12-4/h6-8H,5H2,1-4H3,(H,10,11). The van der Waals surface area contributed by atoms with Gasteiger partial charge in [0.1, 0.15) is 5.25 Å². The molecule has 0 fully saturated rings. The number of aliphatic carboxylic acids is 1. The largest absolute Gasteiger partial charge is 0.480 e. The van der Waals surface area contributed by atoms with E-state index in [9.17, 15) is 4.79 Å². The van der Waals surface area contributed by atoms with Gasteiger partial charge in [-0.25, -0.2) is 0 Å². The minimum atomic E-state index is -0.733. The van der Waals surface area contributed by atoms with Crippen LogP contribution in [0.4, 0.5) is 0 Å². The molecule has 0 rings (SSSR count). The zero-order valence-corrected chi connectivity index (χ0v) is 9.43. The first kappa shape index (κ1) is 12.8. The Morgan fingerprint density at radius 3 is 2.31 bits per heavy atom. The maximum absolute atomic E-state index is 10.8. The molecule has 0 saturated heterocycles. The van der Waals surface area contributed by atoms with Crippen molar-refractivity contribution in [3.05, 3.63) is 0 Å². The molecule has 0 aliphatic rings. The Morgan fingerprint density at radius 2 is 2.00 bits per heavy atom. The Hall–Kier alpha value is -0.220. The summed E-state index contributed by atoms with van der Waals surface area (Å²) in [4.78, 5) is 10.8. The van der Waals surface area contributed by atoms with Crippen LogP contribution in [0.2, 0.25) is 0 Å². The highest BCUT2D eigenvalue weighted by molar-refractivity contribution is 8.00. The average Bonchev–Trinajstić information content (AvgIpc) is 2.03. The van der Waals surface area contributed by atoms with E-state index < -0.39 is 5.97 Å². The first-order valence-corrected chi connectivity index (χ1v) is 5.41. The van der Waals surface area contributed by atoms with Gasteiger partial charge >= 0.3 is 5.97 Å². The second-order valence-electron chi connectivity index (χ2n) is 3.38. The minimum absolute atomic E-state index is 0.116. The normalized spacial score (nSPS) is 15.8. The van der Waals surface area contributed by atoms with Gasteiger partial charge in [-0.2, -0.15) is 0 Å². The van der Waals surface area contributed by atoms with Crippen LogP contribution < -0.4 is 0 Å². The first-order chi connectivity index (χ1) is 5.99. The van der Waals surface area contributed by atoms with Gasteiger partial charge < -0.3 is 9.84 Å². The zero-order chi connectivity index (χ0) is 10.4. The monoisotopic (exact) mass is 206 g/mol. The number of hydrogen-bond acceptors (Lipinski definition) is 3. The van der Waals surface area contributed by atoms with Crippen molar-refractivity contribution in [3.63, 3.8) is 0 Å². The average molecular weight is 206 g/mol. The number of thioether (sulfide) groups is 1. The highest BCUT2D eigenvalue weighted by atomic mass is 32.2. The van der Waals surface area contributed by atoms with Crippen LogP contribution in [0.1, 0.15) is 20.8 Å². The van der Waals surface area contributed by atoms with Gasteiger partial charge in [0.15, 0.2) is 0 Å². The molecule has 0 radical (unpaired) electrons. The molecule has 0 aromatic carbocycles. The van der Waals surface area contributed by atoms with Crippen molar-refractivity contribution in [1.29, 1.82) is 0 Å². The Kier molecular flexibility index (Phi) is 6.16. The summed E-state index contributed by atoms with van der Waals surface area (Å²) in [6, 6.07) is 0. The molecular weight excluding hydrogens is 188 g/mol. The summed E-state index contributed by atoms with van der Waals surface area (Å²) in [5.41, 5.74) is 0. The van der Waals surface area contributed by atoms with Crippen molar-refractivity contribution in [1.82, 2.24) is 0 Å². The van der Waals surface area contributed by atoms with Crippen LogP contribution in [-0.2, 0) is 9.53 Å². The van der Waals surface area contributed by atoms with E-state index in [0.717, 1.165) is 5.75 Å². The molecule has 0 aliphatic heterocycles. The molecule has 0 heterocycles. The van der Waals surface area contributed by atoms with E-state index in [-0.39, 0.29) is 17.3 Å². The van der Waals surface area contributed by atoms with Crippen LogP contribution in [0, 0.1) is 5.92 Å². The van der Waals surface area contributed by atoms with Crippen LogP contribution in [0.5, 0.6) is 0 Å². The SMILES string of the molecule is COC(C)CSC(C(=O)O)C(C)C. The first-order valence-electron chi connectivity index (χ1n) is 4.36. The van der Waals surface area contributed by atoms with E-state index in [1.54, 1.807) is 7.11 Å². The molecule has 0 saturated carbocycles. The van der Waals surface area contributed by atoms with Crippen molar-refractivity contribution in [2.45, 2.75) is 32.1 Å². The third-order valence-electron chi connectivity index (χ3n) is 1.76. The zero-order valence-electron chi connectivity index (χ0n) is 8.61. The molecule has 4 heteroatoms. The van der Waals surface area contributed by atoms with Crippen LogP contribution in [-0.4, -0.2) is 35.3 Å². The fourth-order valence-corrected chi connectivity index (χ4v) is 2.00. The second-order valence-corrected chi connectivity index (χ2v) is 4.56. The molecule has 0 bridgehead atoms. The molecule has 0 aromatic rings. The Balaban J connectivity index is 3.90. The van der Waals surface area contributed by atoms with Crippen molar-refractivity contribution < 1.29 is 14.6 Å². The third kappa shape index (κ3) is 5.16. The summed E-state index contributed by atoms with van der Waals surface area (Å²) in [5, 5.41) is 8.55. The van der Waals surface area contributed by atoms with Crippen molar-refractivity contribution in [2.24, 2.45) is 5.92 Å². The van der Waals surface area contributed by atoms with E-state index in [0.29, 0.717) is 0 Å². The molecule has 1 N–H and O–H groups in total. The lowest BCUT2D eigenvalue weighted by Gasteiger charge is -2.17. The number of methoxy groups -OCH3 is 1. The Bertz CT molecular complexity index is 159. The van der Waals surface area contributed by atoms with Gasteiger partial charge in [-0.3, -0.25) is 4.79 Å². The fourth-order valence-electron chi connectivity index (χ4n) is 0.856. The lowest BCUT2D eigenvalue weighted by Crippen LogP contribution is -2.24. The maximum Gasteiger partial charge on any atom is 0.316 e. The van der Waals surface area contributed by atoms with Crippen LogP contribution >= 0.6 is 11.8 Å². The van der Waals surface area contributed by atoms with E-state index in [4.69, 9.17) is 9.84 Å². The molecule has 3 nitrogen and oxygen atoms in total. The molecule has 78 valence electrons. The predicted molar refractivity (Wildman–Crippen MR) is 55.2 cm³/mol. The summed E-state index contributed by atoms with van der Waals surface area (Å²) < 4.78 is 5.05. The number of ether oxygens (including phenoxy) is 1. The van der Waals surface area contributed by atoms with Gasteiger partial charge in [0, 0.05) is 12.9 Å². The topological polar surface area (TPSA) is 46.5 Å². The summed E-state index contributed by atoms with van der Waals surface area (Å²) in [7, 11) is 1.64. The lowest BCUT2D eigenvalue weighted by atomic mass is 10.1. The molecule has 13 heavy (non-hydrogen) atoms. The number of carboxylic acid groups (broad SMARTS) is 1. The molecule has 0 aromatic heterocycles. The quantitative estimate of drug-likeness (QED) is 0.720. The van der Waals surface area contributed by atoms with Crippen molar-refractivity contribution >= 4 is 17.7 Å².